The normalized spacial score (nSPS) is 10.3. The summed E-state index contributed by atoms with van der Waals surface area (Å²) in [6.07, 6.45) is -2.89. The van der Waals surface area contributed by atoms with Crippen LogP contribution in [0, 0.1) is 0 Å². The molecule has 0 amide bonds. The SMILES string of the molecule is O=C([O-])CC(O)C(=O)[O-].[Fe].[Na+]. The van der Waals surface area contributed by atoms with E-state index in [9.17, 15) is 19.8 Å². The van der Waals surface area contributed by atoms with Gasteiger partial charge in [0.15, 0.2) is 0 Å². The quantitative estimate of drug-likeness (QED) is 0.467. The Morgan fingerprint density at radius 2 is 1.73 bits per heavy atom. The molecule has 11 heavy (non-hydrogen) atoms. The Morgan fingerprint density at radius 3 is 1.82 bits per heavy atom. The van der Waals surface area contributed by atoms with Gasteiger partial charge in [-0.05, 0) is 0 Å². The van der Waals surface area contributed by atoms with Gasteiger partial charge in [0.1, 0.15) is 0 Å². The average Bonchev–Trinajstić information content (AvgIpc) is 1.63. The van der Waals surface area contributed by atoms with Crippen LogP contribution < -0.4 is 39.8 Å². The van der Waals surface area contributed by atoms with Crippen LogP contribution >= 0.6 is 0 Å². The van der Waals surface area contributed by atoms with Crippen molar-refractivity contribution in [1.82, 2.24) is 0 Å². The molecule has 1 N–H and O–H groups in total. The van der Waals surface area contributed by atoms with Crippen LogP contribution in [0.1, 0.15) is 6.42 Å². The number of aliphatic hydroxyl groups is 1. The van der Waals surface area contributed by atoms with Gasteiger partial charge in [-0.15, -0.1) is 0 Å². The summed E-state index contributed by atoms with van der Waals surface area (Å²) in [6, 6.07) is 0. The summed E-state index contributed by atoms with van der Waals surface area (Å²) in [4.78, 5) is 19.1. The van der Waals surface area contributed by atoms with E-state index in [2.05, 4.69) is 0 Å². The van der Waals surface area contributed by atoms with Crippen LogP contribution in [0.4, 0.5) is 0 Å². The largest absolute Gasteiger partial charge is 1.00 e. The molecule has 60 valence electrons. The predicted octanol–water partition coefficient (Wildman–Crippen LogP) is -6.76. The molecule has 0 aromatic rings. The van der Waals surface area contributed by atoms with Crippen molar-refractivity contribution in [2.24, 2.45) is 0 Å². The van der Waals surface area contributed by atoms with Crippen molar-refractivity contribution in [1.29, 1.82) is 0 Å². The van der Waals surface area contributed by atoms with Crippen LogP contribution in [0.3, 0.4) is 0 Å². The van der Waals surface area contributed by atoms with Crippen molar-refractivity contribution in [2.45, 2.75) is 12.5 Å². The van der Waals surface area contributed by atoms with Crippen molar-refractivity contribution in [3.8, 4) is 0 Å². The molecule has 5 nitrogen and oxygen atoms in total. The molecular formula is C4H4FeNaO5-. The van der Waals surface area contributed by atoms with Crippen molar-refractivity contribution < 1.29 is 71.5 Å². The molecular weight excluding hydrogens is 207 g/mol. The third kappa shape index (κ3) is 10.4. The van der Waals surface area contributed by atoms with Crippen molar-refractivity contribution >= 4 is 11.9 Å². The summed E-state index contributed by atoms with van der Waals surface area (Å²) < 4.78 is 0. The molecule has 0 aliphatic carbocycles. The number of rotatable bonds is 3. The van der Waals surface area contributed by atoms with Crippen LogP contribution in [0.5, 0.6) is 0 Å². The minimum atomic E-state index is -1.96. The first-order valence-electron chi connectivity index (χ1n) is 2.13. The van der Waals surface area contributed by atoms with Crippen molar-refractivity contribution in [3.63, 3.8) is 0 Å². The Labute approximate surface area is 95.5 Å². The number of carboxylic acids is 2. The molecule has 0 radical (unpaired) electrons. The van der Waals surface area contributed by atoms with E-state index in [0.717, 1.165) is 0 Å². The molecule has 0 aliphatic heterocycles. The molecule has 1 atom stereocenters. The van der Waals surface area contributed by atoms with E-state index in [4.69, 9.17) is 5.11 Å². The fourth-order valence-electron chi connectivity index (χ4n) is 0.241. The Bertz CT molecular complexity index is 138. The zero-order valence-electron chi connectivity index (χ0n) is 5.72. The van der Waals surface area contributed by atoms with E-state index in [-0.39, 0.29) is 46.6 Å². The number of carbonyl (C=O) groups excluding carboxylic acids is 2. The minimum Gasteiger partial charge on any atom is -0.550 e. The Hall–Kier alpha value is 0.419. The zero-order chi connectivity index (χ0) is 7.44. The number of hydrogen-bond acceptors (Lipinski definition) is 5. The van der Waals surface area contributed by atoms with Gasteiger partial charge in [-0.1, -0.05) is 0 Å². The number of aliphatic hydroxyl groups excluding tert-OH is 1. The first-order chi connectivity index (χ1) is 4.04. The van der Waals surface area contributed by atoms with Crippen LogP contribution in [0.25, 0.3) is 0 Å². The Kier molecular flexibility index (Phi) is 13.5. The Balaban J connectivity index is -0.000000320. The predicted molar refractivity (Wildman–Crippen MR) is 20.6 cm³/mol. The number of carboxylic acid groups (broad SMARTS) is 2. The molecule has 0 saturated heterocycles. The minimum absolute atomic E-state index is 0. The third-order valence-corrected chi connectivity index (χ3v) is 0.632. The summed E-state index contributed by atoms with van der Waals surface area (Å²) in [5, 5.41) is 27.3. The van der Waals surface area contributed by atoms with Gasteiger partial charge in [0.05, 0.1) is 12.1 Å². The van der Waals surface area contributed by atoms with E-state index in [1.165, 1.54) is 0 Å². The van der Waals surface area contributed by atoms with Gasteiger partial charge in [0.2, 0.25) is 0 Å². The summed E-state index contributed by atoms with van der Waals surface area (Å²) >= 11 is 0. The first kappa shape index (κ1) is 17.5. The van der Waals surface area contributed by atoms with Gasteiger partial charge in [-0.25, -0.2) is 0 Å². The van der Waals surface area contributed by atoms with Gasteiger partial charge < -0.3 is 24.9 Å². The number of hydrogen-bond donors (Lipinski definition) is 1. The molecule has 0 aliphatic rings. The molecule has 0 saturated carbocycles. The van der Waals surface area contributed by atoms with Crippen molar-refractivity contribution in [3.05, 3.63) is 0 Å². The summed E-state index contributed by atoms with van der Waals surface area (Å²) in [7, 11) is 0. The van der Waals surface area contributed by atoms with Crippen LogP contribution in [0.15, 0.2) is 0 Å². The van der Waals surface area contributed by atoms with E-state index in [1.807, 2.05) is 0 Å². The maximum Gasteiger partial charge on any atom is 1.00 e. The molecule has 0 aromatic heterocycles. The summed E-state index contributed by atoms with van der Waals surface area (Å²) in [6.45, 7) is 0. The maximum absolute atomic E-state index is 9.58. The average molecular weight is 211 g/mol. The van der Waals surface area contributed by atoms with E-state index in [0.29, 0.717) is 0 Å². The number of aliphatic carboxylic acids is 2. The number of carbonyl (C=O) groups is 2. The molecule has 0 heterocycles. The van der Waals surface area contributed by atoms with E-state index >= 15 is 0 Å². The molecule has 0 fully saturated rings. The molecule has 7 heteroatoms. The van der Waals surface area contributed by atoms with Crippen molar-refractivity contribution in [2.75, 3.05) is 0 Å². The topological polar surface area (TPSA) is 100 Å². The fraction of sp³-hybridized carbons (Fsp3) is 0.500. The molecule has 0 rings (SSSR count). The van der Waals surface area contributed by atoms with Gasteiger partial charge in [-0.2, -0.15) is 0 Å². The van der Waals surface area contributed by atoms with Gasteiger partial charge >= 0.3 is 29.6 Å². The monoisotopic (exact) mass is 211 g/mol. The van der Waals surface area contributed by atoms with Crippen LogP contribution in [-0.2, 0) is 26.7 Å². The molecule has 1 unspecified atom stereocenters. The summed E-state index contributed by atoms with van der Waals surface area (Å²) in [5.41, 5.74) is 0. The van der Waals surface area contributed by atoms with Gasteiger partial charge in [0, 0.05) is 29.5 Å². The van der Waals surface area contributed by atoms with Gasteiger partial charge in [-0.3, -0.25) is 0 Å². The molecule has 0 spiro atoms. The maximum atomic E-state index is 9.58. The second-order valence-corrected chi connectivity index (χ2v) is 1.41. The summed E-state index contributed by atoms with van der Waals surface area (Å²) in [5.74, 6) is -3.43. The second-order valence-electron chi connectivity index (χ2n) is 1.41. The van der Waals surface area contributed by atoms with Crippen LogP contribution in [0.2, 0.25) is 0 Å². The van der Waals surface area contributed by atoms with Gasteiger partial charge in [0.25, 0.3) is 0 Å². The molecule has 0 bridgehead atoms. The first-order valence-corrected chi connectivity index (χ1v) is 2.13. The smallest absolute Gasteiger partial charge is 0.550 e. The zero-order valence-corrected chi connectivity index (χ0v) is 8.82. The fourth-order valence-corrected chi connectivity index (χ4v) is 0.241. The second kappa shape index (κ2) is 8.52. The molecule has 0 aromatic carbocycles. The van der Waals surface area contributed by atoms with E-state index in [1.54, 1.807) is 0 Å². The standard InChI is InChI=1S/C4H6O5.Fe.Na/c5-2(4(8)9)1-3(6)7;;/h2,5H,1H2,(H,6,7)(H,8,9);;/q;;+1/p-2. The third-order valence-electron chi connectivity index (χ3n) is 0.632. The van der Waals surface area contributed by atoms with Crippen LogP contribution in [-0.4, -0.2) is 23.1 Å². The van der Waals surface area contributed by atoms with E-state index < -0.39 is 24.5 Å². The Morgan fingerprint density at radius 1 is 1.36 bits per heavy atom.